The fraction of sp³-hybridized carbons (Fsp3) is 0.200. The number of nitrogens with one attached hydrogen (secondary N) is 1. The van der Waals surface area contributed by atoms with Gasteiger partial charge in [0.25, 0.3) is 0 Å². The summed E-state index contributed by atoms with van der Waals surface area (Å²) in [6.45, 7) is 2.80. The van der Waals surface area contributed by atoms with Crippen LogP contribution in [-0.2, 0) is 0 Å². The van der Waals surface area contributed by atoms with Gasteiger partial charge in [0.1, 0.15) is 0 Å². The molecule has 0 aliphatic carbocycles. The van der Waals surface area contributed by atoms with Crippen molar-refractivity contribution in [2.24, 2.45) is 0 Å². The predicted molar refractivity (Wildman–Crippen MR) is 62.4 cm³/mol. The zero-order valence-corrected chi connectivity index (χ0v) is 9.69. The second-order valence-corrected chi connectivity index (χ2v) is 3.72. The van der Waals surface area contributed by atoms with E-state index >= 15 is 0 Å². The van der Waals surface area contributed by atoms with E-state index in [1.165, 1.54) is 11.1 Å². The van der Waals surface area contributed by atoms with E-state index in [1.54, 1.807) is 0 Å². The number of hydrogen-bond donors (Lipinski definition) is 1. The van der Waals surface area contributed by atoms with Gasteiger partial charge >= 0.3 is 0 Å². The highest BCUT2D eigenvalue weighted by Gasteiger charge is 1.99. The molecule has 0 saturated carbocycles. The smallest absolute Gasteiger partial charge is 0.0489 e. The van der Waals surface area contributed by atoms with Crippen LogP contribution in [0.5, 0.6) is 0 Å². The Hall–Kier alpha value is -0.470. The second-order valence-electron chi connectivity index (χ2n) is 2.68. The van der Waals surface area contributed by atoms with Crippen LogP contribution < -0.4 is 5.32 Å². The summed E-state index contributed by atoms with van der Waals surface area (Å²) >= 11 is 8.92. The van der Waals surface area contributed by atoms with Crippen LogP contribution in [-0.4, -0.2) is 6.54 Å². The average molecular weight is 261 g/mol. The number of anilines is 1. The molecule has 1 rings (SSSR count). The molecule has 1 N–H and O–H groups in total. The van der Waals surface area contributed by atoms with Crippen molar-refractivity contribution in [3.63, 3.8) is 0 Å². The molecule has 0 bridgehead atoms. The van der Waals surface area contributed by atoms with Crippen molar-refractivity contribution >= 4 is 33.2 Å². The molecule has 13 heavy (non-hydrogen) atoms. The zero-order chi connectivity index (χ0) is 9.68. The molecule has 0 atom stereocenters. The van der Waals surface area contributed by atoms with Crippen LogP contribution in [0.3, 0.4) is 0 Å². The maximum atomic E-state index is 5.41. The summed E-state index contributed by atoms with van der Waals surface area (Å²) in [7, 11) is 0. The minimum absolute atomic E-state index is 0.742. The van der Waals surface area contributed by atoms with Crippen molar-refractivity contribution < 1.29 is 0 Å². The topological polar surface area (TPSA) is 12.0 Å². The Bertz CT molecular complexity index is 310. The van der Waals surface area contributed by atoms with Gasteiger partial charge in [-0.05, 0) is 34.5 Å². The molecule has 1 aromatic rings. The summed E-state index contributed by atoms with van der Waals surface area (Å²) in [5.41, 5.74) is 3.83. The molecule has 0 fully saturated rings. The van der Waals surface area contributed by atoms with Gasteiger partial charge in [0.15, 0.2) is 0 Å². The van der Waals surface area contributed by atoms with Crippen LogP contribution in [0, 0.1) is 6.92 Å². The lowest BCUT2D eigenvalue weighted by Crippen LogP contribution is -1.99. The third-order valence-electron chi connectivity index (χ3n) is 1.69. The van der Waals surface area contributed by atoms with Gasteiger partial charge in [-0.15, -0.1) is 0 Å². The first-order valence-corrected chi connectivity index (χ1v) is 5.23. The van der Waals surface area contributed by atoms with Crippen LogP contribution in [0.2, 0.25) is 0 Å². The normalized spacial score (nSPS) is 10.7. The number of aryl methyl sites for hydroxylation is 1. The van der Waals surface area contributed by atoms with E-state index < -0.39 is 0 Å². The van der Waals surface area contributed by atoms with Crippen molar-refractivity contribution in [1.82, 2.24) is 0 Å². The SMILES string of the molecule is Cc1cccc(NC/C=C/Cl)c1Br. The van der Waals surface area contributed by atoms with E-state index in [1.807, 2.05) is 18.2 Å². The van der Waals surface area contributed by atoms with Crippen molar-refractivity contribution in [3.05, 3.63) is 39.8 Å². The van der Waals surface area contributed by atoms with Crippen molar-refractivity contribution in [1.29, 1.82) is 0 Å². The quantitative estimate of drug-likeness (QED) is 0.868. The lowest BCUT2D eigenvalue weighted by molar-refractivity contribution is 1.31. The molecule has 70 valence electrons. The summed E-state index contributed by atoms with van der Waals surface area (Å²) in [5.74, 6) is 0. The Morgan fingerprint density at radius 3 is 3.00 bits per heavy atom. The van der Waals surface area contributed by atoms with E-state index in [0.717, 1.165) is 16.7 Å². The molecular formula is C10H11BrClN. The molecular weight excluding hydrogens is 249 g/mol. The summed E-state index contributed by atoms with van der Waals surface area (Å²) < 4.78 is 1.11. The van der Waals surface area contributed by atoms with Crippen molar-refractivity contribution in [3.8, 4) is 0 Å². The third kappa shape index (κ3) is 3.05. The minimum Gasteiger partial charge on any atom is -0.381 e. The second kappa shape index (κ2) is 5.30. The highest BCUT2D eigenvalue weighted by Crippen LogP contribution is 2.25. The molecule has 0 saturated heterocycles. The van der Waals surface area contributed by atoms with Crippen molar-refractivity contribution in [2.45, 2.75) is 6.92 Å². The van der Waals surface area contributed by atoms with E-state index in [-0.39, 0.29) is 0 Å². The molecule has 0 amide bonds. The number of halogens is 2. The van der Waals surface area contributed by atoms with Crippen LogP contribution in [0.25, 0.3) is 0 Å². The molecule has 1 nitrogen and oxygen atoms in total. The van der Waals surface area contributed by atoms with Crippen molar-refractivity contribution in [2.75, 3.05) is 11.9 Å². The monoisotopic (exact) mass is 259 g/mol. The molecule has 0 heterocycles. The first kappa shape index (κ1) is 10.6. The summed E-state index contributed by atoms with van der Waals surface area (Å²) in [6, 6.07) is 6.11. The Balaban J connectivity index is 2.71. The largest absolute Gasteiger partial charge is 0.381 e. The lowest BCUT2D eigenvalue weighted by Gasteiger charge is -2.07. The third-order valence-corrected chi connectivity index (χ3v) is 2.92. The first-order chi connectivity index (χ1) is 6.25. The Morgan fingerprint density at radius 1 is 1.54 bits per heavy atom. The van der Waals surface area contributed by atoms with Gasteiger partial charge in [-0.3, -0.25) is 0 Å². The van der Waals surface area contributed by atoms with Crippen LogP contribution >= 0.6 is 27.5 Å². The van der Waals surface area contributed by atoms with E-state index in [9.17, 15) is 0 Å². The van der Waals surface area contributed by atoms with Gasteiger partial charge in [-0.1, -0.05) is 29.8 Å². The predicted octanol–water partition coefficient (Wildman–Crippen LogP) is 3.92. The molecule has 0 aliphatic heterocycles. The molecule has 0 aromatic heterocycles. The molecule has 3 heteroatoms. The maximum Gasteiger partial charge on any atom is 0.0489 e. The number of rotatable bonds is 3. The number of benzene rings is 1. The molecule has 0 radical (unpaired) electrons. The van der Waals surface area contributed by atoms with Gasteiger partial charge in [0.05, 0.1) is 0 Å². The van der Waals surface area contributed by atoms with Gasteiger partial charge in [0.2, 0.25) is 0 Å². The minimum atomic E-state index is 0.742. The first-order valence-electron chi connectivity index (χ1n) is 4.00. The highest BCUT2D eigenvalue weighted by atomic mass is 79.9. The highest BCUT2D eigenvalue weighted by molar-refractivity contribution is 9.10. The molecule has 1 aromatic carbocycles. The standard InChI is InChI=1S/C10H11BrClN/c1-8-4-2-5-9(10(8)11)13-7-3-6-12/h2-6,13H,7H2,1H3/b6-3+. The summed E-state index contributed by atoms with van der Waals surface area (Å²) in [5, 5.41) is 3.24. The maximum absolute atomic E-state index is 5.41. The lowest BCUT2D eigenvalue weighted by atomic mass is 10.2. The van der Waals surface area contributed by atoms with Gasteiger partial charge in [-0.2, -0.15) is 0 Å². The van der Waals surface area contributed by atoms with Gasteiger partial charge in [-0.25, -0.2) is 0 Å². The van der Waals surface area contributed by atoms with Crippen LogP contribution in [0.4, 0.5) is 5.69 Å². The molecule has 0 aliphatic rings. The number of hydrogen-bond acceptors (Lipinski definition) is 1. The van der Waals surface area contributed by atoms with E-state index in [2.05, 4.69) is 34.2 Å². The van der Waals surface area contributed by atoms with Gasteiger partial charge < -0.3 is 5.32 Å². The molecule has 0 unspecified atom stereocenters. The Morgan fingerprint density at radius 2 is 2.31 bits per heavy atom. The van der Waals surface area contributed by atoms with Crippen LogP contribution in [0.1, 0.15) is 5.56 Å². The molecule has 0 spiro atoms. The van der Waals surface area contributed by atoms with E-state index in [0.29, 0.717) is 0 Å². The summed E-state index contributed by atoms with van der Waals surface area (Å²) in [4.78, 5) is 0. The Labute approximate surface area is 91.9 Å². The fourth-order valence-corrected chi connectivity index (χ4v) is 1.49. The summed E-state index contributed by atoms with van der Waals surface area (Å²) in [6.07, 6.45) is 1.86. The average Bonchev–Trinajstić information content (AvgIpc) is 2.13. The van der Waals surface area contributed by atoms with E-state index in [4.69, 9.17) is 11.6 Å². The fourth-order valence-electron chi connectivity index (χ4n) is 0.997. The van der Waals surface area contributed by atoms with Crippen LogP contribution in [0.15, 0.2) is 34.3 Å². The Kier molecular flexibility index (Phi) is 4.33. The zero-order valence-electron chi connectivity index (χ0n) is 7.35. The van der Waals surface area contributed by atoms with Gasteiger partial charge in [0, 0.05) is 22.2 Å².